The van der Waals surface area contributed by atoms with Gasteiger partial charge in [-0.05, 0) is 70.3 Å². The van der Waals surface area contributed by atoms with Crippen LogP contribution in [0.2, 0.25) is 5.02 Å². The number of benzene rings is 3. The zero-order valence-electron chi connectivity index (χ0n) is 20.5. The van der Waals surface area contributed by atoms with Crippen molar-refractivity contribution >= 4 is 40.6 Å². The normalized spacial score (nSPS) is 15.0. The van der Waals surface area contributed by atoms with Crippen molar-refractivity contribution in [1.29, 1.82) is 0 Å². The molecule has 4 rings (SSSR count). The van der Waals surface area contributed by atoms with Crippen LogP contribution in [0.5, 0.6) is 11.5 Å². The molecule has 0 saturated carbocycles. The minimum Gasteiger partial charge on any atom is -0.490 e. The van der Waals surface area contributed by atoms with Crippen LogP contribution in [0.25, 0.3) is 6.08 Å². The van der Waals surface area contributed by atoms with Gasteiger partial charge in [-0.3, -0.25) is 14.5 Å². The molecule has 1 aliphatic heterocycles. The highest BCUT2D eigenvalue weighted by Crippen LogP contribution is 2.34. The SMILES string of the molecule is CC(C)(C)c1ccc(OCCOc2ccc(/C=C3\SC(=O)N(Cc4ccccc4Cl)C3=O)cc2)cc1. The summed E-state index contributed by atoms with van der Waals surface area (Å²) in [5, 5.41) is 0.221. The largest absolute Gasteiger partial charge is 0.490 e. The van der Waals surface area contributed by atoms with E-state index < -0.39 is 0 Å². The number of rotatable bonds is 8. The average molecular weight is 522 g/mol. The number of carbonyl (C=O) groups excluding carboxylic acids is 2. The summed E-state index contributed by atoms with van der Waals surface area (Å²) in [4.78, 5) is 26.8. The fourth-order valence-electron chi connectivity index (χ4n) is 3.62. The predicted molar refractivity (Wildman–Crippen MR) is 146 cm³/mol. The van der Waals surface area contributed by atoms with Gasteiger partial charge in [-0.2, -0.15) is 0 Å². The Kier molecular flexibility index (Phi) is 8.07. The van der Waals surface area contributed by atoms with Crippen molar-refractivity contribution in [2.45, 2.75) is 32.7 Å². The number of amides is 2. The summed E-state index contributed by atoms with van der Waals surface area (Å²) in [6.45, 7) is 7.52. The Balaban J connectivity index is 1.28. The number of carbonyl (C=O) groups is 2. The summed E-state index contributed by atoms with van der Waals surface area (Å²) < 4.78 is 11.5. The maximum atomic E-state index is 12.8. The molecular formula is C29H28ClNO4S. The molecule has 0 aliphatic carbocycles. The summed E-state index contributed by atoms with van der Waals surface area (Å²) in [7, 11) is 0. The van der Waals surface area contributed by atoms with E-state index in [1.807, 2.05) is 54.6 Å². The molecular weight excluding hydrogens is 494 g/mol. The molecule has 0 atom stereocenters. The van der Waals surface area contributed by atoms with E-state index in [4.69, 9.17) is 21.1 Å². The van der Waals surface area contributed by atoms with Crippen LogP contribution < -0.4 is 9.47 Å². The first kappa shape index (κ1) is 25.9. The van der Waals surface area contributed by atoms with Gasteiger partial charge < -0.3 is 9.47 Å². The quantitative estimate of drug-likeness (QED) is 0.229. The van der Waals surface area contributed by atoms with Gasteiger partial charge in [0, 0.05) is 5.02 Å². The van der Waals surface area contributed by atoms with Crippen molar-refractivity contribution in [2.24, 2.45) is 0 Å². The maximum absolute atomic E-state index is 12.8. The second-order valence-electron chi connectivity index (χ2n) is 9.40. The number of ether oxygens (including phenoxy) is 2. The van der Waals surface area contributed by atoms with E-state index in [-0.39, 0.29) is 23.1 Å². The topological polar surface area (TPSA) is 55.8 Å². The highest BCUT2D eigenvalue weighted by atomic mass is 35.5. The van der Waals surface area contributed by atoms with Crippen molar-refractivity contribution in [3.8, 4) is 11.5 Å². The molecule has 0 spiro atoms. The molecule has 0 bridgehead atoms. The standard InChI is InChI=1S/C29H28ClNO4S/c1-29(2,3)22-10-14-24(15-11-22)35-17-16-34-23-12-8-20(9-13-23)18-26-27(32)31(28(33)36-26)19-21-6-4-5-7-25(21)30/h4-15,18H,16-17,19H2,1-3H3/b26-18-. The lowest BCUT2D eigenvalue weighted by atomic mass is 9.87. The monoisotopic (exact) mass is 521 g/mol. The Morgan fingerprint density at radius 1 is 0.861 bits per heavy atom. The number of hydrogen-bond donors (Lipinski definition) is 0. The molecule has 0 unspecified atom stereocenters. The summed E-state index contributed by atoms with van der Waals surface area (Å²) >= 11 is 7.12. The van der Waals surface area contributed by atoms with Crippen molar-refractivity contribution in [3.63, 3.8) is 0 Å². The smallest absolute Gasteiger partial charge is 0.293 e. The molecule has 1 aliphatic rings. The lowest BCUT2D eigenvalue weighted by molar-refractivity contribution is -0.123. The molecule has 2 amide bonds. The third-order valence-electron chi connectivity index (χ3n) is 5.68. The predicted octanol–water partition coefficient (Wildman–Crippen LogP) is 7.33. The van der Waals surface area contributed by atoms with Gasteiger partial charge in [0.15, 0.2) is 0 Å². The van der Waals surface area contributed by atoms with Gasteiger partial charge >= 0.3 is 0 Å². The summed E-state index contributed by atoms with van der Waals surface area (Å²) in [6, 6.07) is 22.7. The fourth-order valence-corrected chi connectivity index (χ4v) is 4.65. The first-order chi connectivity index (χ1) is 17.2. The number of hydrogen-bond acceptors (Lipinski definition) is 5. The van der Waals surface area contributed by atoms with Crippen LogP contribution >= 0.6 is 23.4 Å². The maximum Gasteiger partial charge on any atom is 0.293 e. The van der Waals surface area contributed by atoms with Crippen LogP contribution in [0.15, 0.2) is 77.7 Å². The fraction of sp³-hybridized carbons (Fsp3) is 0.241. The van der Waals surface area contributed by atoms with Crippen LogP contribution in [0.3, 0.4) is 0 Å². The van der Waals surface area contributed by atoms with Crippen LogP contribution in [0, 0.1) is 0 Å². The second kappa shape index (κ2) is 11.2. The van der Waals surface area contributed by atoms with Crippen molar-refractivity contribution < 1.29 is 19.1 Å². The molecule has 7 heteroatoms. The molecule has 0 radical (unpaired) electrons. The highest BCUT2D eigenvalue weighted by molar-refractivity contribution is 8.18. The van der Waals surface area contributed by atoms with Crippen LogP contribution in [-0.2, 0) is 16.8 Å². The number of thioether (sulfide) groups is 1. The third kappa shape index (κ3) is 6.50. The Hall–Kier alpha value is -3.22. The van der Waals surface area contributed by atoms with Crippen LogP contribution in [0.1, 0.15) is 37.5 Å². The molecule has 36 heavy (non-hydrogen) atoms. The van der Waals surface area contributed by atoms with Crippen molar-refractivity contribution in [1.82, 2.24) is 4.90 Å². The van der Waals surface area contributed by atoms with Gasteiger partial charge in [0.25, 0.3) is 11.1 Å². The van der Waals surface area contributed by atoms with E-state index >= 15 is 0 Å². The number of halogens is 1. The Morgan fingerprint density at radius 3 is 2.03 bits per heavy atom. The Labute approximate surface area is 221 Å². The van der Waals surface area contributed by atoms with Crippen molar-refractivity contribution in [2.75, 3.05) is 13.2 Å². The molecule has 3 aromatic rings. The summed E-state index contributed by atoms with van der Waals surface area (Å²) in [5.41, 5.74) is 2.91. The summed E-state index contributed by atoms with van der Waals surface area (Å²) in [5.74, 6) is 1.19. The zero-order valence-corrected chi connectivity index (χ0v) is 22.1. The second-order valence-corrected chi connectivity index (χ2v) is 10.8. The van der Waals surface area contributed by atoms with Gasteiger partial charge in [-0.25, -0.2) is 0 Å². The van der Waals surface area contributed by atoms with E-state index in [0.29, 0.717) is 28.9 Å². The molecule has 1 heterocycles. The summed E-state index contributed by atoms with van der Waals surface area (Å²) in [6.07, 6.45) is 1.71. The van der Waals surface area contributed by atoms with E-state index in [1.54, 1.807) is 12.1 Å². The van der Waals surface area contributed by atoms with Gasteiger partial charge in [-0.15, -0.1) is 0 Å². The first-order valence-corrected chi connectivity index (χ1v) is 12.8. The van der Waals surface area contributed by atoms with E-state index in [0.717, 1.165) is 28.6 Å². The molecule has 5 nitrogen and oxygen atoms in total. The molecule has 1 saturated heterocycles. The van der Waals surface area contributed by atoms with E-state index in [9.17, 15) is 9.59 Å². The molecule has 186 valence electrons. The molecule has 1 fully saturated rings. The minimum atomic E-state index is -0.321. The van der Waals surface area contributed by atoms with Crippen molar-refractivity contribution in [3.05, 3.63) is 99.4 Å². The van der Waals surface area contributed by atoms with Gasteiger partial charge in [0.05, 0.1) is 11.4 Å². The lowest BCUT2D eigenvalue weighted by Gasteiger charge is -2.19. The Morgan fingerprint density at radius 2 is 1.44 bits per heavy atom. The average Bonchev–Trinajstić information content (AvgIpc) is 3.11. The van der Waals surface area contributed by atoms with Gasteiger partial charge in [-0.1, -0.05) is 74.8 Å². The van der Waals surface area contributed by atoms with E-state index in [2.05, 4.69) is 32.9 Å². The van der Waals surface area contributed by atoms with Crippen LogP contribution in [0.4, 0.5) is 4.79 Å². The zero-order chi connectivity index (χ0) is 25.7. The van der Waals surface area contributed by atoms with Gasteiger partial charge in [0.1, 0.15) is 24.7 Å². The first-order valence-electron chi connectivity index (χ1n) is 11.7. The third-order valence-corrected chi connectivity index (χ3v) is 6.95. The Bertz CT molecular complexity index is 1260. The van der Waals surface area contributed by atoms with Gasteiger partial charge in [0.2, 0.25) is 0 Å². The van der Waals surface area contributed by atoms with E-state index in [1.165, 1.54) is 10.5 Å². The number of nitrogens with zero attached hydrogens (tertiary/aromatic N) is 1. The lowest BCUT2D eigenvalue weighted by Crippen LogP contribution is -2.27. The molecule has 0 N–H and O–H groups in total. The molecule has 3 aromatic carbocycles. The number of imide groups is 1. The highest BCUT2D eigenvalue weighted by Gasteiger charge is 2.35. The van der Waals surface area contributed by atoms with Crippen LogP contribution in [-0.4, -0.2) is 29.3 Å². The minimum absolute atomic E-state index is 0.110. The molecule has 0 aromatic heterocycles.